The highest BCUT2D eigenvalue weighted by Gasteiger charge is 2.28. The number of anilines is 2. The minimum atomic E-state index is -4.47. The minimum absolute atomic E-state index is 0.0365. The van der Waals surface area contributed by atoms with Crippen LogP contribution in [0.25, 0.3) is 0 Å². The number of ether oxygens (including phenoxy) is 1. The second kappa shape index (κ2) is 9.29. The van der Waals surface area contributed by atoms with Crippen molar-refractivity contribution in [1.82, 2.24) is 4.98 Å². The van der Waals surface area contributed by atoms with Crippen molar-refractivity contribution in [2.45, 2.75) is 13.1 Å². The van der Waals surface area contributed by atoms with Crippen LogP contribution in [0, 0.1) is 6.92 Å². The number of pyridine rings is 1. The first-order valence-electron chi connectivity index (χ1n) is 9.15. The number of nitrogens with zero attached hydrogens (tertiary/aromatic N) is 1. The number of alkyl halides is 3. The lowest BCUT2D eigenvalue weighted by Gasteiger charge is -2.15. The van der Waals surface area contributed by atoms with Gasteiger partial charge in [0.2, 0.25) is 0 Å². The first-order chi connectivity index (χ1) is 14.7. The van der Waals surface area contributed by atoms with E-state index in [2.05, 4.69) is 15.6 Å². The van der Waals surface area contributed by atoms with Crippen molar-refractivity contribution in [3.8, 4) is 5.75 Å². The average Bonchev–Trinajstić information content (AvgIpc) is 2.74. The standard InChI is InChI=1S/C22H18F3N3O3/c1-14-4-2-7-18(19(14)28-20(29)15-8-10-26-11-9-15)21(30)27-16-5-3-6-17(12-16)31-13-22(23,24)25/h2-12H,13H2,1H3,(H,27,30)(H,28,29). The number of amides is 2. The average molecular weight is 429 g/mol. The molecule has 2 N–H and O–H groups in total. The van der Waals surface area contributed by atoms with Crippen molar-refractivity contribution in [2.24, 2.45) is 0 Å². The lowest BCUT2D eigenvalue weighted by Crippen LogP contribution is -2.20. The van der Waals surface area contributed by atoms with Crippen molar-refractivity contribution in [2.75, 3.05) is 17.2 Å². The van der Waals surface area contributed by atoms with Gasteiger partial charge in [-0.2, -0.15) is 13.2 Å². The zero-order valence-corrected chi connectivity index (χ0v) is 16.4. The van der Waals surface area contributed by atoms with Crippen LogP contribution < -0.4 is 15.4 Å². The molecule has 0 fully saturated rings. The van der Waals surface area contributed by atoms with Crippen LogP contribution in [0.3, 0.4) is 0 Å². The Kier molecular flexibility index (Phi) is 6.54. The normalized spacial score (nSPS) is 11.0. The predicted molar refractivity (Wildman–Crippen MR) is 109 cm³/mol. The van der Waals surface area contributed by atoms with Crippen LogP contribution in [-0.2, 0) is 0 Å². The molecule has 0 bridgehead atoms. The van der Waals surface area contributed by atoms with Crippen LogP contribution in [0.2, 0.25) is 0 Å². The molecule has 1 aromatic heterocycles. The fourth-order valence-electron chi connectivity index (χ4n) is 2.74. The minimum Gasteiger partial charge on any atom is -0.484 e. The van der Waals surface area contributed by atoms with Gasteiger partial charge in [0, 0.05) is 29.7 Å². The van der Waals surface area contributed by atoms with Gasteiger partial charge in [-0.25, -0.2) is 0 Å². The first-order valence-corrected chi connectivity index (χ1v) is 9.15. The number of aryl methyl sites for hydroxylation is 1. The maximum Gasteiger partial charge on any atom is 0.422 e. The molecule has 0 aliphatic rings. The molecule has 6 nitrogen and oxygen atoms in total. The quantitative estimate of drug-likeness (QED) is 0.588. The Morgan fingerprint density at radius 1 is 0.968 bits per heavy atom. The number of rotatable bonds is 6. The van der Waals surface area contributed by atoms with E-state index in [1.54, 1.807) is 31.2 Å². The van der Waals surface area contributed by atoms with E-state index in [9.17, 15) is 22.8 Å². The smallest absolute Gasteiger partial charge is 0.422 e. The number of carbonyl (C=O) groups is 2. The van der Waals surface area contributed by atoms with Gasteiger partial charge in [-0.1, -0.05) is 18.2 Å². The predicted octanol–water partition coefficient (Wildman–Crippen LogP) is 4.84. The number of para-hydroxylation sites is 1. The van der Waals surface area contributed by atoms with Crippen LogP contribution in [-0.4, -0.2) is 29.6 Å². The van der Waals surface area contributed by atoms with Crippen molar-refractivity contribution in [1.29, 1.82) is 0 Å². The van der Waals surface area contributed by atoms with E-state index >= 15 is 0 Å². The van der Waals surface area contributed by atoms with E-state index in [0.29, 0.717) is 16.8 Å². The van der Waals surface area contributed by atoms with Crippen LogP contribution >= 0.6 is 0 Å². The summed E-state index contributed by atoms with van der Waals surface area (Å²) in [6.07, 6.45) is -1.51. The summed E-state index contributed by atoms with van der Waals surface area (Å²) in [5, 5.41) is 5.35. The molecule has 9 heteroatoms. The summed E-state index contributed by atoms with van der Waals surface area (Å²) >= 11 is 0. The maximum atomic E-state index is 12.8. The van der Waals surface area contributed by atoms with Gasteiger partial charge >= 0.3 is 6.18 Å². The van der Waals surface area contributed by atoms with E-state index in [1.165, 1.54) is 42.7 Å². The molecule has 0 aliphatic carbocycles. The Bertz CT molecular complexity index is 1090. The summed E-state index contributed by atoms with van der Waals surface area (Å²) < 4.78 is 41.8. The molecule has 0 unspecified atom stereocenters. The second-order valence-electron chi connectivity index (χ2n) is 6.57. The highest BCUT2D eigenvalue weighted by molar-refractivity contribution is 6.13. The summed E-state index contributed by atoms with van der Waals surface area (Å²) in [4.78, 5) is 29.2. The number of hydrogen-bond donors (Lipinski definition) is 2. The molecule has 0 saturated heterocycles. The first kappa shape index (κ1) is 21.8. The molecule has 3 aromatic rings. The number of carbonyl (C=O) groups excluding carboxylic acids is 2. The van der Waals surface area contributed by atoms with Crippen LogP contribution in [0.5, 0.6) is 5.75 Å². The largest absolute Gasteiger partial charge is 0.484 e. The summed E-state index contributed by atoms with van der Waals surface area (Å²) in [7, 11) is 0. The highest BCUT2D eigenvalue weighted by atomic mass is 19.4. The van der Waals surface area contributed by atoms with Gasteiger partial charge in [-0.05, 0) is 42.8 Å². The Balaban J connectivity index is 1.78. The Morgan fingerprint density at radius 3 is 2.39 bits per heavy atom. The molecule has 1 heterocycles. The SMILES string of the molecule is Cc1cccc(C(=O)Nc2cccc(OCC(F)(F)F)c2)c1NC(=O)c1ccncc1. The van der Waals surface area contributed by atoms with Crippen molar-refractivity contribution in [3.63, 3.8) is 0 Å². The van der Waals surface area contributed by atoms with Gasteiger partial charge in [0.25, 0.3) is 11.8 Å². The van der Waals surface area contributed by atoms with Gasteiger partial charge in [-0.15, -0.1) is 0 Å². The molecule has 0 atom stereocenters. The third-order valence-corrected chi connectivity index (χ3v) is 4.19. The van der Waals surface area contributed by atoms with Gasteiger partial charge in [0.05, 0.1) is 11.3 Å². The van der Waals surface area contributed by atoms with Gasteiger partial charge in [0.1, 0.15) is 5.75 Å². The summed E-state index contributed by atoms with van der Waals surface area (Å²) in [6, 6.07) is 13.6. The highest BCUT2D eigenvalue weighted by Crippen LogP contribution is 2.25. The molecule has 0 aliphatic heterocycles. The molecule has 0 radical (unpaired) electrons. The topological polar surface area (TPSA) is 80.3 Å². The number of halogens is 3. The number of hydrogen-bond acceptors (Lipinski definition) is 4. The molecule has 3 rings (SSSR count). The lowest BCUT2D eigenvalue weighted by atomic mass is 10.1. The van der Waals surface area contributed by atoms with E-state index in [1.807, 2.05) is 0 Å². The van der Waals surface area contributed by atoms with Gasteiger partial charge in [0.15, 0.2) is 6.61 Å². The molecule has 2 aromatic carbocycles. The van der Waals surface area contributed by atoms with E-state index in [0.717, 1.165) is 0 Å². The molecule has 160 valence electrons. The van der Waals surface area contributed by atoms with Crippen LogP contribution in [0.1, 0.15) is 26.3 Å². The van der Waals surface area contributed by atoms with Crippen molar-refractivity contribution < 1.29 is 27.5 Å². The molecule has 31 heavy (non-hydrogen) atoms. The molecule has 0 spiro atoms. The molecular formula is C22H18F3N3O3. The Hall–Kier alpha value is -3.88. The summed E-state index contributed by atoms with van der Waals surface area (Å²) in [5.74, 6) is -0.986. The fourth-order valence-corrected chi connectivity index (χ4v) is 2.74. The monoisotopic (exact) mass is 429 g/mol. The van der Waals surface area contributed by atoms with E-state index in [4.69, 9.17) is 4.74 Å². The lowest BCUT2D eigenvalue weighted by molar-refractivity contribution is -0.153. The van der Waals surface area contributed by atoms with Crippen molar-refractivity contribution in [3.05, 3.63) is 83.7 Å². The van der Waals surface area contributed by atoms with Gasteiger partial charge in [-0.3, -0.25) is 14.6 Å². The zero-order chi connectivity index (χ0) is 22.4. The molecular weight excluding hydrogens is 411 g/mol. The fraction of sp³-hybridized carbons (Fsp3) is 0.136. The maximum absolute atomic E-state index is 12.8. The van der Waals surface area contributed by atoms with Crippen LogP contribution in [0.4, 0.5) is 24.5 Å². The third kappa shape index (κ3) is 6.05. The Morgan fingerprint density at radius 2 is 1.68 bits per heavy atom. The Labute approximate surface area is 176 Å². The third-order valence-electron chi connectivity index (χ3n) is 4.19. The summed E-state index contributed by atoms with van der Waals surface area (Å²) in [6.45, 7) is 0.304. The van der Waals surface area contributed by atoms with E-state index in [-0.39, 0.29) is 17.0 Å². The zero-order valence-electron chi connectivity index (χ0n) is 16.4. The molecule has 2 amide bonds. The number of aromatic nitrogens is 1. The second-order valence-corrected chi connectivity index (χ2v) is 6.57. The molecule has 0 saturated carbocycles. The number of nitrogens with one attached hydrogen (secondary N) is 2. The van der Waals surface area contributed by atoms with Gasteiger partial charge < -0.3 is 15.4 Å². The van der Waals surface area contributed by atoms with Crippen LogP contribution in [0.15, 0.2) is 67.0 Å². The van der Waals surface area contributed by atoms with Crippen molar-refractivity contribution >= 4 is 23.2 Å². The number of benzene rings is 2. The van der Waals surface area contributed by atoms with E-state index < -0.39 is 24.6 Å². The summed E-state index contributed by atoms with van der Waals surface area (Å²) in [5.41, 5.74) is 1.81.